The fourth-order valence-corrected chi connectivity index (χ4v) is 7.40. The van der Waals surface area contributed by atoms with Crippen LogP contribution in [0.25, 0.3) is 0 Å². The molecule has 0 saturated carbocycles. The van der Waals surface area contributed by atoms with Crippen LogP contribution < -0.4 is 10.6 Å². The first kappa shape index (κ1) is 21.5. The van der Waals surface area contributed by atoms with Crippen molar-refractivity contribution in [1.29, 1.82) is 0 Å². The van der Waals surface area contributed by atoms with Crippen molar-refractivity contribution in [2.24, 2.45) is 0 Å². The molecule has 0 aromatic heterocycles. The van der Waals surface area contributed by atoms with Gasteiger partial charge in [-0.2, -0.15) is 0 Å². The molecule has 1 atom stereocenters. The lowest BCUT2D eigenvalue weighted by Gasteiger charge is -2.29. The summed E-state index contributed by atoms with van der Waals surface area (Å²) in [5.41, 5.74) is 1.07. The highest BCUT2D eigenvalue weighted by molar-refractivity contribution is 9.10. The molecule has 0 saturated heterocycles. The lowest BCUT2D eigenvalue weighted by atomic mass is 10.0. The highest BCUT2D eigenvalue weighted by Gasteiger charge is 2.39. The van der Waals surface area contributed by atoms with Gasteiger partial charge in [0.25, 0.3) is 0 Å². The van der Waals surface area contributed by atoms with Crippen LogP contribution >= 0.6 is 23.1 Å². The summed E-state index contributed by atoms with van der Waals surface area (Å²) in [6.07, 6.45) is 0.159. The van der Waals surface area contributed by atoms with Gasteiger partial charge in [-0.1, -0.05) is 119 Å². The van der Waals surface area contributed by atoms with Crippen molar-refractivity contribution in [2.45, 2.75) is 12.1 Å². The van der Waals surface area contributed by atoms with Crippen molar-refractivity contribution in [3.63, 3.8) is 0 Å². The Balaban J connectivity index is 1.86. The maximum Gasteiger partial charge on any atom is 0.163 e. The van der Waals surface area contributed by atoms with Crippen LogP contribution in [-0.4, -0.2) is 5.78 Å². The largest absolute Gasteiger partial charge is 0.313 e. The second kappa shape index (κ2) is 9.60. The summed E-state index contributed by atoms with van der Waals surface area (Å²) in [5, 5.41) is 1.53. The topological polar surface area (TPSA) is 34.1 Å². The molecule has 0 aliphatic carbocycles. The highest BCUT2D eigenvalue weighted by atomic mass is 79.9. The van der Waals surface area contributed by atoms with Crippen molar-refractivity contribution in [3.05, 3.63) is 131 Å². The van der Waals surface area contributed by atoms with Gasteiger partial charge >= 0.3 is 0 Å². The van der Waals surface area contributed by atoms with E-state index in [1.165, 1.54) is 0 Å². The van der Waals surface area contributed by atoms with Gasteiger partial charge in [-0.15, -0.1) is 0 Å². The first-order valence-corrected chi connectivity index (χ1v) is 12.7. The van der Waals surface area contributed by atoms with E-state index in [0.29, 0.717) is 5.56 Å². The number of Topliss-reactive ketones (excluding diaryl/α,β-unsaturated/α-hetero) is 1. The number of carbonyl (C=O) groups is 1. The average Bonchev–Trinajstić information content (AvgIpc) is 2.84. The van der Waals surface area contributed by atoms with Crippen LogP contribution in [0.1, 0.15) is 28.0 Å². The molecule has 4 aromatic rings. The zero-order valence-electron chi connectivity index (χ0n) is 16.9. The van der Waals surface area contributed by atoms with Crippen LogP contribution in [0.3, 0.4) is 0 Å². The molecule has 0 spiro atoms. The lowest BCUT2D eigenvalue weighted by Crippen LogP contribution is -2.23. The molecule has 4 heteroatoms. The van der Waals surface area contributed by atoms with Crippen molar-refractivity contribution < 1.29 is 9.36 Å². The van der Waals surface area contributed by atoms with Gasteiger partial charge in [0.05, 0.1) is 5.66 Å². The first-order chi connectivity index (χ1) is 15.1. The standard InChI is InChI=1S/C27H22BrO2P/c28-23-18-16-21(17-19-23)26(29)20-27(22-10-4-1-5-11-22)31(30,24-12-6-2-7-13-24)25-14-8-3-9-15-25/h1-19,27H,20H2/t27-/m0/s1. The molecule has 154 valence electrons. The lowest BCUT2D eigenvalue weighted by molar-refractivity contribution is 0.0981. The Morgan fingerprint density at radius 1 is 0.677 bits per heavy atom. The van der Waals surface area contributed by atoms with Gasteiger partial charge < -0.3 is 4.57 Å². The Morgan fingerprint density at radius 2 is 1.13 bits per heavy atom. The number of hydrogen-bond acceptors (Lipinski definition) is 2. The van der Waals surface area contributed by atoms with Gasteiger partial charge in [0.15, 0.2) is 12.9 Å². The molecule has 0 amide bonds. The van der Waals surface area contributed by atoms with Gasteiger partial charge in [-0.25, -0.2) is 0 Å². The molecule has 0 N–H and O–H groups in total. The van der Waals surface area contributed by atoms with Crippen LogP contribution in [-0.2, 0) is 4.57 Å². The van der Waals surface area contributed by atoms with Gasteiger partial charge in [0, 0.05) is 27.1 Å². The zero-order chi connectivity index (χ0) is 21.7. The Labute approximate surface area is 191 Å². The van der Waals surface area contributed by atoms with Crippen molar-refractivity contribution in [3.8, 4) is 0 Å². The molecule has 0 radical (unpaired) electrons. The van der Waals surface area contributed by atoms with Crippen molar-refractivity contribution in [1.82, 2.24) is 0 Å². The maximum atomic E-state index is 15.0. The van der Waals surface area contributed by atoms with E-state index < -0.39 is 12.8 Å². The minimum absolute atomic E-state index is 0.0200. The first-order valence-electron chi connectivity index (χ1n) is 10.1. The quantitative estimate of drug-likeness (QED) is 0.212. The Bertz CT molecular complexity index is 1150. The maximum absolute atomic E-state index is 15.0. The molecule has 2 nitrogen and oxygen atoms in total. The molecule has 4 aromatic carbocycles. The molecule has 0 heterocycles. The molecule has 0 aliphatic heterocycles. The van der Waals surface area contributed by atoms with Gasteiger partial charge in [0.2, 0.25) is 0 Å². The molecular weight excluding hydrogens is 467 g/mol. The normalized spacial score (nSPS) is 12.3. The smallest absolute Gasteiger partial charge is 0.163 e. The third kappa shape index (κ3) is 4.63. The van der Waals surface area contributed by atoms with Crippen molar-refractivity contribution >= 4 is 39.5 Å². The van der Waals surface area contributed by atoms with Gasteiger partial charge in [-0.3, -0.25) is 4.79 Å². The molecule has 0 bridgehead atoms. The predicted molar refractivity (Wildman–Crippen MR) is 132 cm³/mol. The predicted octanol–water partition coefficient (Wildman–Crippen LogP) is 6.78. The summed E-state index contributed by atoms with van der Waals surface area (Å²) in [4.78, 5) is 13.3. The van der Waals surface area contributed by atoms with Gasteiger partial charge in [-0.05, 0) is 17.7 Å². The Hall–Kier alpha value is -2.74. The molecule has 31 heavy (non-hydrogen) atoms. The average molecular weight is 489 g/mol. The summed E-state index contributed by atoms with van der Waals surface area (Å²) in [6, 6.07) is 36.2. The summed E-state index contributed by atoms with van der Waals surface area (Å²) in [5.74, 6) is -0.0200. The molecule has 4 rings (SSSR count). The molecule has 0 fully saturated rings. The number of hydrogen-bond donors (Lipinski definition) is 0. The third-order valence-electron chi connectivity index (χ3n) is 5.45. The minimum Gasteiger partial charge on any atom is -0.313 e. The van der Waals surface area contributed by atoms with E-state index >= 15 is 0 Å². The molecule has 0 aliphatic rings. The number of ketones is 1. The van der Waals surface area contributed by atoms with Crippen molar-refractivity contribution in [2.75, 3.05) is 0 Å². The second-order valence-electron chi connectivity index (χ2n) is 7.39. The monoisotopic (exact) mass is 488 g/mol. The number of halogens is 1. The SMILES string of the molecule is O=C(C[C@@H](c1ccccc1)P(=O)(c1ccccc1)c1ccccc1)c1ccc(Br)cc1. The number of rotatable bonds is 7. The summed E-state index contributed by atoms with van der Waals surface area (Å²) < 4.78 is 15.9. The van der Waals surface area contributed by atoms with Crippen LogP contribution in [0.5, 0.6) is 0 Å². The number of carbonyl (C=O) groups excluding carboxylic acids is 1. The minimum atomic E-state index is -3.17. The molecular formula is C27H22BrO2P. The zero-order valence-corrected chi connectivity index (χ0v) is 19.4. The van der Waals surface area contributed by atoms with Crippen LogP contribution in [0.15, 0.2) is 120 Å². The van der Waals surface area contributed by atoms with E-state index in [-0.39, 0.29) is 12.2 Å². The fraction of sp³-hybridized carbons (Fsp3) is 0.0741. The van der Waals surface area contributed by atoms with E-state index in [9.17, 15) is 9.36 Å². The fourth-order valence-electron chi connectivity index (χ4n) is 3.87. The summed E-state index contributed by atoms with van der Waals surface area (Å²) >= 11 is 3.42. The number of benzene rings is 4. The van der Waals surface area contributed by atoms with Gasteiger partial charge in [0.1, 0.15) is 0 Å². The van der Waals surface area contributed by atoms with Crippen LogP contribution in [0.2, 0.25) is 0 Å². The molecule has 0 unspecified atom stereocenters. The van der Waals surface area contributed by atoms with E-state index in [1.807, 2.05) is 115 Å². The van der Waals surface area contributed by atoms with E-state index in [1.54, 1.807) is 0 Å². The van der Waals surface area contributed by atoms with E-state index in [2.05, 4.69) is 15.9 Å². The van der Waals surface area contributed by atoms with E-state index in [0.717, 1.165) is 20.6 Å². The second-order valence-corrected chi connectivity index (χ2v) is 11.3. The summed E-state index contributed by atoms with van der Waals surface area (Å²) in [6.45, 7) is 0. The van der Waals surface area contributed by atoms with Crippen LogP contribution in [0, 0.1) is 0 Å². The third-order valence-corrected chi connectivity index (χ3v) is 9.47. The Kier molecular flexibility index (Phi) is 6.65. The highest BCUT2D eigenvalue weighted by Crippen LogP contribution is 2.59. The van der Waals surface area contributed by atoms with E-state index in [4.69, 9.17) is 0 Å². The van der Waals surface area contributed by atoms with Crippen LogP contribution in [0.4, 0.5) is 0 Å². The summed E-state index contributed by atoms with van der Waals surface area (Å²) in [7, 11) is -3.17. The Morgan fingerprint density at radius 3 is 1.61 bits per heavy atom.